The van der Waals surface area contributed by atoms with Crippen molar-refractivity contribution >= 4 is 15.7 Å². The first kappa shape index (κ1) is 17.9. The second-order valence-corrected chi connectivity index (χ2v) is 7.31. The molecule has 0 aromatic heterocycles. The second-order valence-electron chi connectivity index (χ2n) is 5.63. The van der Waals surface area contributed by atoms with Crippen molar-refractivity contribution < 1.29 is 13.5 Å². The van der Waals surface area contributed by atoms with E-state index in [0.717, 1.165) is 12.8 Å². The summed E-state index contributed by atoms with van der Waals surface area (Å²) in [6, 6.07) is 6.75. The molecule has 0 saturated carbocycles. The Morgan fingerprint density at radius 3 is 2.48 bits per heavy atom. The molecule has 1 atom stereocenters. The van der Waals surface area contributed by atoms with Crippen molar-refractivity contribution in [1.82, 2.24) is 4.72 Å². The quantitative estimate of drug-likeness (QED) is 0.611. The van der Waals surface area contributed by atoms with E-state index in [1.807, 2.05) is 13.0 Å². The largest absolute Gasteiger partial charge is 0.396 e. The normalized spacial score (nSPS) is 13.4. The highest BCUT2D eigenvalue weighted by atomic mass is 32.2. The van der Waals surface area contributed by atoms with Crippen LogP contribution in [0, 0.1) is 5.92 Å². The lowest BCUT2D eigenvalue weighted by Gasteiger charge is -2.15. The van der Waals surface area contributed by atoms with Crippen molar-refractivity contribution in [2.75, 3.05) is 18.5 Å². The molecule has 0 fully saturated rings. The Labute approximate surface area is 127 Å². The number of aliphatic hydroxyl groups is 1. The highest BCUT2D eigenvalue weighted by Crippen LogP contribution is 2.21. The zero-order valence-electron chi connectivity index (χ0n) is 13.0. The van der Waals surface area contributed by atoms with Crippen LogP contribution in [-0.4, -0.2) is 32.7 Å². The molecule has 1 aromatic carbocycles. The number of hydrogen-bond donors (Lipinski definition) is 3. The smallest absolute Gasteiger partial charge is 0.242 e. The van der Waals surface area contributed by atoms with Crippen molar-refractivity contribution in [3.63, 3.8) is 0 Å². The summed E-state index contributed by atoms with van der Waals surface area (Å²) >= 11 is 0. The predicted molar refractivity (Wildman–Crippen MR) is 85.9 cm³/mol. The van der Waals surface area contributed by atoms with Gasteiger partial charge in [0.05, 0.1) is 5.69 Å². The molecule has 0 bridgehead atoms. The zero-order chi connectivity index (χ0) is 15.9. The van der Waals surface area contributed by atoms with Crippen LogP contribution in [0.2, 0.25) is 0 Å². The molecule has 1 unspecified atom stereocenters. The maximum Gasteiger partial charge on any atom is 0.242 e. The van der Waals surface area contributed by atoms with E-state index in [-0.39, 0.29) is 23.5 Å². The van der Waals surface area contributed by atoms with E-state index >= 15 is 0 Å². The summed E-state index contributed by atoms with van der Waals surface area (Å²) in [5.74, 6) is 0.272. The van der Waals surface area contributed by atoms with Crippen LogP contribution in [0.4, 0.5) is 5.69 Å². The Balaban J connectivity index is 2.72. The number of hydrogen-bond acceptors (Lipinski definition) is 4. The molecule has 0 radical (unpaired) electrons. The lowest BCUT2D eigenvalue weighted by atomic mass is 10.1. The number of nitrogens with one attached hydrogen (secondary N) is 2. The summed E-state index contributed by atoms with van der Waals surface area (Å²) in [5, 5.41) is 12.1. The van der Waals surface area contributed by atoms with Gasteiger partial charge in [-0.05, 0) is 44.7 Å². The third-order valence-corrected chi connectivity index (χ3v) is 4.78. The van der Waals surface area contributed by atoms with E-state index < -0.39 is 10.0 Å². The summed E-state index contributed by atoms with van der Waals surface area (Å²) in [6.45, 7) is 6.44. The average molecular weight is 314 g/mol. The molecule has 0 aliphatic rings. The number of para-hydroxylation sites is 1. The Morgan fingerprint density at radius 2 is 1.86 bits per heavy atom. The van der Waals surface area contributed by atoms with Gasteiger partial charge in [0, 0.05) is 19.2 Å². The number of anilines is 1. The van der Waals surface area contributed by atoms with Gasteiger partial charge in [0.15, 0.2) is 0 Å². The molecule has 1 rings (SSSR count). The summed E-state index contributed by atoms with van der Waals surface area (Å²) in [7, 11) is -3.50. The van der Waals surface area contributed by atoms with E-state index in [1.54, 1.807) is 32.0 Å². The molecule has 5 nitrogen and oxygen atoms in total. The van der Waals surface area contributed by atoms with Gasteiger partial charge in [-0.25, -0.2) is 13.1 Å². The maximum atomic E-state index is 12.3. The standard InChI is InChI=1S/C15H26N2O3S/c1-12(2)17-21(19,20)15-9-5-4-8-14(15)16-10-6-7-13(3)11-18/h4-5,8-9,12-13,16-18H,6-7,10-11H2,1-3H3. The van der Waals surface area contributed by atoms with Gasteiger partial charge in [-0.15, -0.1) is 0 Å². The molecule has 0 aliphatic carbocycles. The van der Waals surface area contributed by atoms with Gasteiger partial charge in [0.25, 0.3) is 0 Å². The van der Waals surface area contributed by atoms with Crippen molar-refractivity contribution in [2.45, 2.75) is 44.6 Å². The number of aliphatic hydroxyl groups excluding tert-OH is 1. The van der Waals surface area contributed by atoms with E-state index in [4.69, 9.17) is 5.11 Å². The molecule has 120 valence electrons. The maximum absolute atomic E-state index is 12.3. The summed E-state index contributed by atoms with van der Waals surface area (Å²) in [4.78, 5) is 0.272. The van der Waals surface area contributed by atoms with Gasteiger partial charge in [-0.3, -0.25) is 0 Å². The molecular weight excluding hydrogens is 288 g/mol. The molecule has 0 aliphatic heterocycles. The molecular formula is C15H26N2O3S. The van der Waals surface area contributed by atoms with Crippen LogP contribution < -0.4 is 10.0 Å². The molecule has 0 amide bonds. The molecule has 3 N–H and O–H groups in total. The first-order chi connectivity index (χ1) is 9.86. The predicted octanol–water partition coefficient (Wildman–Crippen LogP) is 2.19. The Morgan fingerprint density at radius 1 is 1.19 bits per heavy atom. The minimum Gasteiger partial charge on any atom is -0.396 e. The topological polar surface area (TPSA) is 78.4 Å². The third kappa shape index (κ3) is 6.03. The SMILES string of the molecule is CC(CO)CCCNc1ccccc1S(=O)(=O)NC(C)C. The van der Waals surface area contributed by atoms with Crippen LogP contribution in [0.15, 0.2) is 29.2 Å². The van der Waals surface area contributed by atoms with E-state index in [0.29, 0.717) is 12.2 Å². The van der Waals surface area contributed by atoms with E-state index in [1.165, 1.54) is 0 Å². The van der Waals surface area contributed by atoms with Gasteiger partial charge < -0.3 is 10.4 Å². The molecule has 0 heterocycles. The van der Waals surface area contributed by atoms with E-state index in [9.17, 15) is 8.42 Å². The molecule has 1 aromatic rings. The lowest BCUT2D eigenvalue weighted by molar-refractivity contribution is 0.229. The minimum atomic E-state index is -3.50. The number of rotatable bonds is 9. The van der Waals surface area contributed by atoms with Crippen molar-refractivity contribution in [2.24, 2.45) is 5.92 Å². The zero-order valence-corrected chi connectivity index (χ0v) is 13.8. The molecule has 0 saturated heterocycles. The average Bonchev–Trinajstić information content (AvgIpc) is 2.42. The summed E-state index contributed by atoms with van der Waals surface area (Å²) in [5.41, 5.74) is 0.613. The second kappa shape index (κ2) is 8.36. The first-order valence-electron chi connectivity index (χ1n) is 7.33. The van der Waals surface area contributed by atoms with Crippen LogP contribution in [-0.2, 0) is 10.0 Å². The Hall–Kier alpha value is -1.11. The fourth-order valence-corrected chi connectivity index (χ4v) is 3.42. The lowest BCUT2D eigenvalue weighted by Crippen LogP contribution is -2.30. The van der Waals surface area contributed by atoms with Gasteiger partial charge in [0.2, 0.25) is 10.0 Å². The fraction of sp³-hybridized carbons (Fsp3) is 0.600. The number of sulfonamides is 1. The molecule has 0 spiro atoms. The van der Waals surface area contributed by atoms with Crippen LogP contribution in [0.1, 0.15) is 33.6 Å². The van der Waals surface area contributed by atoms with Crippen LogP contribution in [0.5, 0.6) is 0 Å². The highest BCUT2D eigenvalue weighted by molar-refractivity contribution is 7.89. The Bertz CT molecular complexity index is 529. The van der Waals surface area contributed by atoms with Gasteiger partial charge in [-0.1, -0.05) is 19.1 Å². The first-order valence-corrected chi connectivity index (χ1v) is 8.81. The third-order valence-electron chi connectivity index (χ3n) is 3.07. The number of benzene rings is 1. The van der Waals surface area contributed by atoms with Crippen LogP contribution in [0.3, 0.4) is 0 Å². The summed E-state index contributed by atoms with van der Waals surface area (Å²) < 4.78 is 27.1. The van der Waals surface area contributed by atoms with Crippen LogP contribution in [0.25, 0.3) is 0 Å². The monoisotopic (exact) mass is 314 g/mol. The van der Waals surface area contributed by atoms with Crippen molar-refractivity contribution in [1.29, 1.82) is 0 Å². The minimum absolute atomic E-state index is 0.145. The van der Waals surface area contributed by atoms with E-state index in [2.05, 4.69) is 10.0 Å². The van der Waals surface area contributed by atoms with Gasteiger partial charge >= 0.3 is 0 Å². The van der Waals surface area contributed by atoms with Crippen molar-refractivity contribution in [3.05, 3.63) is 24.3 Å². The molecule has 6 heteroatoms. The summed E-state index contributed by atoms with van der Waals surface area (Å²) in [6.07, 6.45) is 1.79. The van der Waals surface area contributed by atoms with Gasteiger partial charge in [-0.2, -0.15) is 0 Å². The highest BCUT2D eigenvalue weighted by Gasteiger charge is 2.18. The molecule has 21 heavy (non-hydrogen) atoms. The fourth-order valence-electron chi connectivity index (χ4n) is 1.99. The van der Waals surface area contributed by atoms with Crippen molar-refractivity contribution in [3.8, 4) is 0 Å². The van der Waals surface area contributed by atoms with Gasteiger partial charge in [0.1, 0.15) is 4.90 Å². The van der Waals surface area contributed by atoms with Crippen LogP contribution >= 0.6 is 0 Å². The Kier molecular flexibility index (Phi) is 7.14.